The maximum atomic E-state index is 14.6. The van der Waals surface area contributed by atoms with Crippen LogP contribution in [0.5, 0.6) is 0 Å². The fourth-order valence-electron chi connectivity index (χ4n) is 3.16. The first-order chi connectivity index (χ1) is 12.8. The van der Waals surface area contributed by atoms with E-state index in [1.54, 1.807) is 24.0 Å². The Morgan fingerprint density at radius 1 is 1.37 bits per heavy atom. The van der Waals surface area contributed by atoms with Crippen molar-refractivity contribution in [1.82, 2.24) is 10.2 Å². The summed E-state index contributed by atoms with van der Waals surface area (Å²) in [5, 5.41) is 12.0. The summed E-state index contributed by atoms with van der Waals surface area (Å²) in [6, 6.07) is 4.59. The number of nitrogens with zero attached hydrogens (tertiary/aromatic N) is 3. The maximum absolute atomic E-state index is 14.6. The summed E-state index contributed by atoms with van der Waals surface area (Å²) in [6.45, 7) is 3.94. The van der Waals surface area contributed by atoms with Gasteiger partial charge in [0.25, 0.3) is 0 Å². The van der Waals surface area contributed by atoms with Gasteiger partial charge < -0.3 is 25.0 Å². The molecule has 1 atom stereocenters. The average molecular weight is 396 g/mol. The fourth-order valence-corrected chi connectivity index (χ4v) is 3.24. The highest BCUT2D eigenvalue weighted by atomic mass is 32.1. The van der Waals surface area contributed by atoms with Crippen LogP contribution in [0.2, 0.25) is 0 Å². The van der Waals surface area contributed by atoms with E-state index in [0.29, 0.717) is 55.6 Å². The van der Waals surface area contributed by atoms with Crippen molar-refractivity contribution in [2.24, 2.45) is 0 Å². The van der Waals surface area contributed by atoms with Gasteiger partial charge in [-0.05, 0) is 25.1 Å². The number of hydrogen-bond donors (Lipinski definition) is 2. The summed E-state index contributed by atoms with van der Waals surface area (Å²) in [5.41, 5.74) is 0.817. The molecule has 0 spiro atoms. The number of thiocarbonyl (C=S) groups is 1. The Labute approximate surface area is 161 Å². The van der Waals surface area contributed by atoms with Gasteiger partial charge in [0.05, 0.1) is 29.5 Å². The zero-order valence-electron chi connectivity index (χ0n) is 14.9. The minimum absolute atomic E-state index is 0.310. The van der Waals surface area contributed by atoms with Crippen LogP contribution in [-0.4, -0.2) is 72.6 Å². The van der Waals surface area contributed by atoms with Crippen molar-refractivity contribution in [2.45, 2.75) is 13.0 Å². The number of anilines is 2. The van der Waals surface area contributed by atoms with E-state index in [0.717, 1.165) is 0 Å². The zero-order valence-corrected chi connectivity index (χ0v) is 15.7. The van der Waals surface area contributed by atoms with Crippen molar-refractivity contribution < 1.29 is 23.8 Å². The number of carbonyl (C=O) groups excluding carboxylic acids is 1. The summed E-state index contributed by atoms with van der Waals surface area (Å²) in [7, 11) is 0. The summed E-state index contributed by atoms with van der Waals surface area (Å²) in [4.78, 5) is 28.2. The minimum atomic E-state index is -0.967. The lowest BCUT2D eigenvalue weighted by molar-refractivity contribution is 0.141. The van der Waals surface area contributed by atoms with Gasteiger partial charge in [-0.15, -0.1) is 0 Å². The van der Waals surface area contributed by atoms with Crippen molar-refractivity contribution in [1.29, 1.82) is 0 Å². The predicted molar refractivity (Wildman–Crippen MR) is 102 cm³/mol. The highest BCUT2D eigenvalue weighted by Gasteiger charge is 2.33. The zero-order chi connectivity index (χ0) is 19.6. The van der Waals surface area contributed by atoms with E-state index in [4.69, 9.17) is 22.1 Å². The van der Waals surface area contributed by atoms with E-state index in [1.165, 1.54) is 15.9 Å². The molecule has 10 heteroatoms. The van der Waals surface area contributed by atoms with Crippen LogP contribution in [0, 0.1) is 5.82 Å². The van der Waals surface area contributed by atoms with Gasteiger partial charge >= 0.3 is 12.2 Å². The minimum Gasteiger partial charge on any atom is -0.465 e. The van der Waals surface area contributed by atoms with Gasteiger partial charge in [-0.1, -0.05) is 12.2 Å². The molecule has 0 aromatic heterocycles. The molecule has 2 aliphatic heterocycles. The standard InChI is InChI=1S/C17H21FN4O4S/c1-11(27)19-9-13-10-22(17(25)26-13)12-2-3-15(14(18)8-12)20-4-6-21(7-5-20)16(23)24/h2-3,8,13H,4-7,9-10H2,1H3,(H,19,27)(H,23,24). The van der Waals surface area contributed by atoms with Gasteiger partial charge in [0, 0.05) is 26.2 Å². The molecule has 1 aromatic rings. The van der Waals surface area contributed by atoms with Gasteiger partial charge in [-0.3, -0.25) is 4.90 Å². The largest absolute Gasteiger partial charge is 0.465 e. The smallest absolute Gasteiger partial charge is 0.414 e. The molecule has 27 heavy (non-hydrogen) atoms. The maximum Gasteiger partial charge on any atom is 0.414 e. The number of halogens is 1. The molecule has 2 N–H and O–H groups in total. The van der Waals surface area contributed by atoms with E-state index in [9.17, 15) is 14.0 Å². The molecule has 2 saturated heterocycles. The molecule has 0 bridgehead atoms. The first-order valence-electron chi connectivity index (χ1n) is 8.60. The number of rotatable bonds is 4. The molecule has 0 saturated carbocycles. The number of carbonyl (C=O) groups is 2. The Bertz CT molecular complexity index is 754. The van der Waals surface area contributed by atoms with E-state index < -0.39 is 18.0 Å². The third kappa shape index (κ3) is 4.38. The molecule has 0 aliphatic carbocycles. The second-order valence-electron chi connectivity index (χ2n) is 6.45. The summed E-state index contributed by atoms with van der Waals surface area (Å²) >= 11 is 4.94. The summed E-state index contributed by atoms with van der Waals surface area (Å²) in [5.74, 6) is -0.458. The van der Waals surface area contributed by atoms with E-state index >= 15 is 0 Å². The van der Waals surface area contributed by atoms with Crippen molar-refractivity contribution in [3.05, 3.63) is 24.0 Å². The predicted octanol–water partition coefficient (Wildman–Crippen LogP) is 1.89. The second-order valence-corrected chi connectivity index (χ2v) is 7.06. The van der Waals surface area contributed by atoms with Crippen LogP contribution in [0.3, 0.4) is 0 Å². The molecule has 146 valence electrons. The van der Waals surface area contributed by atoms with Gasteiger partial charge in [0.15, 0.2) is 0 Å². The van der Waals surface area contributed by atoms with Crippen LogP contribution in [-0.2, 0) is 4.74 Å². The number of amides is 2. The van der Waals surface area contributed by atoms with Crippen LogP contribution in [0.25, 0.3) is 0 Å². The van der Waals surface area contributed by atoms with Crippen molar-refractivity contribution in [3.8, 4) is 0 Å². The molecular formula is C17H21FN4O4S. The third-order valence-electron chi connectivity index (χ3n) is 4.59. The molecule has 3 rings (SSSR count). The molecule has 2 amide bonds. The van der Waals surface area contributed by atoms with Gasteiger partial charge in [-0.25, -0.2) is 14.0 Å². The first kappa shape index (κ1) is 19.2. The number of cyclic esters (lactones) is 1. The van der Waals surface area contributed by atoms with Crippen LogP contribution in [0.15, 0.2) is 18.2 Å². The van der Waals surface area contributed by atoms with Gasteiger partial charge in [0.2, 0.25) is 0 Å². The molecule has 2 aliphatic rings. The Balaban J connectivity index is 1.66. The van der Waals surface area contributed by atoms with E-state index in [-0.39, 0.29) is 6.10 Å². The van der Waals surface area contributed by atoms with Crippen molar-refractivity contribution in [2.75, 3.05) is 49.1 Å². The van der Waals surface area contributed by atoms with Crippen LogP contribution >= 0.6 is 12.2 Å². The Kier molecular flexibility index (Phi) is 5.64. The van der Waals surface area contributed by atoms with Crippen LogP contribution < -0.4 is 15.1 Å². The summed E-state index contributed by atoms with van der Waals surface area (Å²) in [6.07, 6.45) is -1.85. The quantitative estimate of drug-likeness (QED) is 0.752. The lowest BCUT2D eigenvalue weighted by atomic mass is 10.2. The molecule has 1 unspecified atom stereocenters. The van der Waals surface area contributed by atoms with E-state index in [1.807, 2.05) is 0 Å². The Morgan fingerprint density at radius 3 is 2.67 bits per heavy atom. The molecule has 8 nitrogen and oxygen atoms in total. The topological polar surface area (TPSA) is 85.4 Å². The second kappa shape index (κ2) is 7.95. The molecule has 2 fully saturated rings. The SMILES string of the molecule is CC(=S)NCC1CN(c2ccc(N3CCN(C(=O)O)CC3)c(F)c2)C(=O)O1. The fraction of sp³-hybridized carbons (Fsp3) is 0.471. The highest BCUT2D eigenvalue weighted by molar-refractivity contribution is 7.80. The average Bonchev–Trinajstić information content (AvgIpc) is 3.01. The van der Waals surface area contributed by atoms with E-state index in [2.05, 4.69) is 5.32 Å². The molecule has 0 radical (unpaired) electrons. The van der Waals surface area contributed by atoms with Gasteiger partial charge in [0.1, 0.15) is 11.9 Å². The molecule has 2 heterocycles. The number of hydrogen-bond acceptors (Lipinski definition) is 5. The number of benzene rings is 1. The lowest BCUT2D eigenvalue weighted by Gasteiger charge is -2.34. The Hall–Kier alpha value is -2.62. The van der Waals surface area contributed by atoms with Crippen molar-refractivity contribution in [3.63, 3.8) is 0 Å². The molecular weight excluding hydrogens is 375 g/mol. The highest BCUT2D eigenvalue weighted by Crippen LogP contribution is 2.28. The van der Waals surface area contributed by atoms with Crippen LogP contribution in [0.1, 0.15) is 6.92 Å². The van der Waals surface area contributed by atoms with Gasteiger partial charge in [-0.2, -0.15) is 0 Å². The number of carboxylic acid groups (broad SMARTS) is 1. The van der Waals surface area contributed by atoms with Crippen molar-refractivity contribution >= 4 is 40.8 Å². The Morgan fingerprint density at radius 2 is 2.07 bits per heavy atom. The number of piperazine rings is 1. The third-order valence-corrected chi connectivity index (χ3v) is 4.73. The van der Waals surface area contributed by atoms with Crippen LogP contribution in [0.4, 0.5) is 25.4 Å². The monoisotopic (exact) mass is 396 g/mol. The number of ether oxygens (including phenoxy) is 1. The summed E-state index contributed by atoms with van der Waals surface area (Å²) < 4.78 is 19.9. The normalized spacial score (nSPS) is 19.9. The number of nitrogens with one attached hydrogen (secondary N) is 1. The molecule has 1 aromatic carbocycles. The first-order valence-corrected chi connectivity index (χ1v) is 9.01. The lowest BCUT2D eigenvalue weighted by Crippen LogP contribution is -2.48.